The Morgan fingerprint density at radius 1 is 1.09 bits per heavy atom. The third-order valence-electron chi connectivity index (χ3n) is 6.40. The zero-order chi connectivity index (χ0) is 24.8. The van der Waals surface area contributed by atoms with Gasteiger partial charge in [-0.15, -0.1) is 11.3 Å². The van der Waals surface area contributed by atoms with Gasteiger partial charge in [0.15, 0.2) is 0 Å². The van der Waals surface area contributed by atoms with E-state index < -0.39 is 17.2 Å². The fourth-order valence-corrected chi connectivity index (χ4v) is 5.31. The maximum atomic E-state index is 13.1. The van der Waals surface area contributed by atoms with Crippen LogP contribution in [-0.2, 0) is 13.0 Å². The molecule has 1 N–H and O–H groups in total. The Morgan fingerprint density at radius 3 is 2.51 bits per heavy atom. The lowest BCUT2D eigenvalue weighted by atomic mass is 9.89. The Kier molecular flexibility index (Phi) is 8.13. The predicted molar refractivity (Wildman–Crippen MR) is 139 cm³/mol. The molecule has 2 amide bonds. The highest BCUT2D eigenvalue weighted by Gasteiger charge is 2.22. The number of carbonyl (C=O) groups is 2. The van der Waals surface area contributed by atoms with Crippen molar-refractivity contribution in [2.75, 3.05) is 20.6 Å². The van der Waals surface area contributed by atoms with Gasteiger partial charge in [-0.05, 0) is 18.8 Å². The van der Waals surface area contributed by atoms with Gasteiger partial charge in [0, 0.05) is 56.9 Å². The standard InChI is InChI=1S/C27H32N4O3S/c1-30(2)27(34)22-17-31(15-19-9-5-3-6-10-19)16-21(25(22)32)26(33)28-14-13-24-29-23(18-35-24)20-11-7-4-8-12-20/h4,7-8,11-12,16-19H,3,5-6,9-10,13-15H2,1-2H3,(H,28,33). The van der Waals surface area contributed by atoms with E-state index in [1.54, 1.807) is 37.8 Å². The number of benzene rings is 1. The number of hydrogen-bond donors (Lipinski definition) is 1. The van der Waals surface area contributed by atoms with Crippen LogP contribution in [0.3, 0.4) is 0 Å². The average Bonchev–Trinajstić information content (AvgIpc) is 3.34. The van der Waals surface area contributed by atoms with Crippen LogP contribution in [0.2, 0.25) is 0 Å². The molecule has 8 heteroatoms. The third kappa shape index (κ3) is 6.25. The van der Waals surface area contributed by atoms with Gasteiger partial charge in [-0.3, -0.25) is 14.4 Å². The highest BCUT2D eigenvalue weighted by atomic mass is 32.1. The smallest absolute Gasteiger partial charge is 0.258 e. The maximum absolute atomic E-state index is 13.1. The normalized spacial score (nSPS) is 14.0. The van der Waals surface area contributed by atoms with E-state index in [1.165, 1.54) is 24.2 Å². The van der Waals surface area contributed by atoms with E-state index >= 15 is 0 Å². The molecule has 0 radical (unpaired) electrons. The molecule has 0 atom stereocenters. The monoisotopic (exact) mass is 492 g/mol. The SMILES string of the molecule is CN(C)C(=O)c1cn(CC2CCCCC2)cc(C(=O)NCCc2nc(-c3ccccc3)cs2)c1=O. The Bertz CT molecular complexity index is 1230. The summed E-state index contributed by atoms with van der Waals surface area (Å²) in [6.45, 7) is 1.06. The number of nitrogens with zero attached hydrogens (tertiary/aromatic N) is 3. The summed E-state index contributed by atoms with van der Waals surface area (Å²) in [5.74, 6) is -0.355. The lowest BCUT2D eigenvalue weighted by molar-refractivity contribution is 0.0825. The molecule has 184 valence electrons. The topological polar surface area (TPSA) is 84.3 Å². The summed E-state index contributed by atoms with van der Waals surface area (Å²) in [7, 11) is 3.22. The molecule has 35 heavy (non-hydrogen) atoms. The van der Waals surface area contributed by atoms with Crippen LogP contribution in [0.25, 0.3) is 11.3 Å². The molecule has 1 aromatic carbocycles. The molecule has 1 saturated carbocycles. The van der Waals surface area contributed by atoms with Gasteiger partial charge in [-0.25, -0.2) is 4.98 Å². The van der Waals surface area contributed by atoms with Crippen molar-refractivity contribution in [3.8, 4) is 11.3 Å². The molecule has 0 bridgehead atoms. The number of aromatic nitrogens is 2. The third-order valence-corrected chi connectivity index (χ3v) is 7.31. The highest BCUT2D eigenvalue weighted by molar-refractivity contribution is 7.09. The van der Waals surface area contributed by atoms with Gasteiger partial charge >= 0.3 is 0 Å². The number of amides is 2. The zero-order valence-electron chi connectivity index (χ0n) is 20.3. The van der Waals surface area contributed by atoms with Gasteiger partial charge in [-0.1, -0.05) is 49.6 Å². The summed E-state index contributed by atoms with van der Waals surface area (Å²) in [6, 6.07) is 9.95. The number of rotatable bonds is 8. The Hall–Kier alpha value is -3.26. The van der Waals surface area contributed by atoms with Crippen molar-refractivity contribution < 1.29 is 9.59 Å². The molecule has 0 saturated heterocycles. The molecule has 0 unspecified atom stereocenters. The molecule has 0 aliphatic heterocycles. The van der Waals surface area contributed by atoms with Crippen LogP contribution in [0.4, 0.5) is 0 Å². The molecule has 1 fully saturated rings. The Morgan fingerprint density at radius 2 is 1.80 bits per heavy atom. The van der Waals surface area contributed by atoms with E-state index in [0.29, 0.717) is 25.4 Å². The summed E-state index contributed by atoms with van der Waals surface area (Å²) in [6.07, 6.45) is 9.69. The quantitative estimate of drug-likeness (QED) is 0.510. The van der Waals surface area contributed by atoms with Crippen molar-refractivity contribution in [2.45, 2.75) is 45.1 Å². The van der Waals surface area contributed by atoms with Crippen LogP contribution in [0.5, 0.6) is 0 Å². The minimum atomic E-state index is -0.526. The minimum absolute atomic E-state index is 0.0117. The molecule has 7 nitrogen and oxygen atoms in total. The molecule has 2 aromatic heterocycles. The number of carbonyl (C=O) groups excluding carboxylic acids is 2. The first-order chi connectivity index (χ1) is 16.9. The van der Waals surface area contributed by atoms with Gasteiger partial charge < -0.3 is 14.8 Å². The molecule has 2 heterocycles. The number of pyridine rings is 1. The van der Waals surface area contributed by atoms with Crippen molar-refractivity contribution in [3.05, 3.63) is 74.5 Å². The van der Waals surface area contributed by atoms with Crippen molar-refractivity contribution in [2.24, 2.45) is 5.92 Å². The zero-order valence-corrected chi connectivity index (χ0v) is 21.1. The number of thiazole rings is 1. The van der Waals surface area contributed by atoms with E-state index in [1.807, 2.05) is 40.3 Å². The number of nitrogens with one attached hydrogen (secondary N) is 1. The van der Waals surface area contributed by atoms with Crippen LogP contribution in [-0.4, -0.2) is 46.9 Å². The van der Waals surface area contributed by atoms with Crippen molar-refractivity contribution in [1.29, 1.82) is 0 Å². The first kappa shape index (κ1) is 24.9. The van der Waals surface area contributed by atoms with Gasteiger partial charge in [0.2, 0.25) is 5.43 Å². The van der Waals surface area contributed by atoms with E-state index in [4.69, 9.17) is 0 Å². The molecule has 3 aromatic rings. The first-order valence-corrected chi connectivity index (χ1v) is 13.0. The van der Waals surface area contributed by atoms with Crippen molar-refractivity contribution in [1.82, 2.24) is 19.8 Å². The van der Waals surface area contributed by atoms with Gasteiger partial charge in [0.1, 0.15) is 11.1 Å². The number of hydrogen-bond acceptors (Lipinski definition) is 5. The lowest BCUT2D eigenvalue weighted by Crippen LogP contribution is -2.36. The van der Waals surface area contributed by atoms with Gasteiger partial charge in [0.25, 0.3) is 11.8 Å². The minimum Gasteiger partial charge on any atom is -0.352 e. The van der Waals surface area contributed by atoms with Crippen LogP contribution in [0, 0.1) is 5.92 Å². The lowest BCUT2D eigenvalue weighted by Gasteiger charge is -2.23. The van der Waals surface area contributed by atoms with Crippen molar-refractivity contribution >= 4 is 23.2 Å². The first-order valence-electron chi connectivity index (χ1n) is 12.2. The van der Waals surface area contributed by atoms with E-state index in [-0.39, 0.29) is 11.1 Å². The predicted octanol–water partition coefficient (Wildman–Crippen LogP) is 4.23. The van der Waals surface area contributed by atoms with Gasteiger partial charge in [0.05, 0.1) is 10.7 Å². The molecule has 1 aliphatic rings. The van der Waals surface area contributed by atoms with Crippen LogP contribution in [0.15, 0.2) is 52.9 Å². The fraction of sp³-hybridized carbons (Fsp3) is 0.407. The van der Waals surface area contributed by atoms with E-state index in [2.05, 4.69) is 10.3 Å². The highest BCUT2D eigenvalue weighted by Crippen LogP contribution is 2.25. The van der Waals surface area contributed by atoms with Crippen LogP contribution < -0.4 is 10.7 Å². The maximum Gasteiger partial charge on any atom is 0.258 e. The van der Waals surface area contributed by atoms with Gasteiger partial charge in [-0.2, -0.15) is 0 Å². The molecular formula is C27H32N4O3S. The molecule has 0 spiro atoms. The summed E-state index contributed by atoms with van der Waals surface area (Å²) in [5.41, 5.74) is 1.49. The summed E-state index contributed by atoms with van der Waals surface area (Å²) in [4.78, 5) is 44.8. The second-order valence-electron chi connectivity index (χ2n) is 9.31. The van der Waals surface area contributed by atoms with Crippen LogP contribution in [0.1, 0.15) is 57.8 Å². The molecule has 4 rings (SSSR count). The fourth-order valence-electron chi connectivity index (χ4n) is 4.50. The van der Waals surface area contributed by atoms with E-state index in [0.717, 1.165) is 29.1 Å². The molecular weight excluding hydrogens is 460 g/mol. The summed E-state index contributed by atoms with van der Waals surface area (Å²) < 4.78 is 1.86. The second kappa shape index (κ2) is 11.4. The summed E-state index contributed by atoms with van der Waals surface area (Å²) >= 11 is 1.55. The van der Waals surface area contributed by atoms with E-state index in [9.17, 15) is 14.4 Å². The second-order valence-corrected chi connectivity index (χ2v) is 10.3. The van der Waals surface area contributed by atoms with Crippen molar-refractivity contribution in [3.63, 3.8) is 0 Å². The van der Waals surface area contributed by atoms with Crippen LogP contribution >= 0.6 is 11.3 Å². The Balaban J connectivity index is 1.47. The Labute approximate surface area is 209 Å². The summed E-state index contributed by atoms with van der Waals surface area (Å²) in [5, 5.41) is 5.77. The largest absolute Gasteiger partial charge is 0.352 e. The average molecular weight is 493 g/mol. The molecule has 1 aliphatic carbocycles.